The van der Waals surface area contributed by atoms with E-state index in [0.717, 1.165) is 12.8 Å². The number of aliphatic carboxylic acids is 1. The van der Waals surface area contributed by atoms with Crippen LogP contribution in [0.1, 0.15) is 58.8 Å². The second-order valence-electron chi connectivity index (χ2n) is 6.39. The number of rotatable bonds is 3. The second kappa shape index (κ2) is 3.50. The maximum atomic E-state index is 10.9. The van der Waals surface area contributed by atoms with E-state index in [1.165, 1.54) is 25.7 Å². The third kappa shape index (κ3) is 2.35. The van der Waals surface area contributed by atoms with E-state index >= 15 is 0 Å². The Labute approximate surface area is 92.1 Å². The normalized spacial score (nSPS) is 32.3. The number of carboxylic acid groups (broad SMARTS) is 1. The fraction of sp³-hybridized carbons (Fsp3) is 0.923. The highest BCUT2D eigenvalue weighted by Crippen LogP contribution is 2.60. The second-order valence-corrected chi connectivity index (χ2v) is 6.39. The Hall–Kier alpha value is -0.530. The summed E-state index contributed by atoms with van der Waals surface area (Å²) >= 11 is 0. The molecular weight excluding hydrogens is 188 g/mol. The van der Waals surface area contributed by atoms with Gasteiger partial charge in [-0.05, 0) is 48.9 Å². The molecule has 1 unspecified atom stereocenters. The van der Waals surface area contributed by atoms with Crippen LogP contribution in [0.5, 0.6) is 0 Å². The molecule has 0 spiro atoms. The largest absolute Gasteiger partial charge is 0.481 e. The topological polar surface area (TPSA) is 37.3 Å². The lowest BCUT2D eigenvalue weighted by Gasteiger charge is -2.39. The van der Waals surface area contributed by atoms with Crippen LogP contribution in [0, 0.1) is 16.7 Å². The molecule has 0 bridgehead atoms. The third-order valence-corrected chi connectivity index (χ3v) is 4.47. The predicted molar refractivity (Wildman–Crippen MR) is 59.7 cm³/mol. The van der Waals surface area contributed by atoms with Crippen LogP contribution in [-0.4, -0.2) is 11.1 Å². The van der Waals surface area contributed by atoms with Gasteiger partial charge in [-0.3, -0.25) is 4.79 Å². The fourth-order valence-corrected chi connectivity index (χ4v) is 3.41. The Kier molecular flexibility index (Phi) is 2.56. The van der Waals surface area contributed by atoms with Crippen molar-refractivity contribution in [3.05, 3.63) is 0 Å². The van der Waals surface area contributed by atoms with Crippen LogP contribution >= 0.6 is 0 Å². The zero-order chi connectivity index (χ0) is 11.1. The third-order valence-electron chi connectivity index (χ3n) is 4.47. The van der Waals surface area contributed by atoms with Gasteiger partial charge in [-0.1, -0.05) is 20.3 Å². The number of hydrogen-bond acceptors (Lipinski definition) is 1. The minimum atomic E-state index is -0.601. The monoisotopic (exact) mass is 210 g/mol. The molecule has 2 fully saturated rings. The lowest BCUT2D eigenvalue weighted by molar-refractivity contribution is -0.139. The molecule has 0 aromatic carbocycles. The summed E-state index contributed by atoms with van der Waals surface area (Å²) in [5.41, 5.74) is 0.639. The molecule has 2 rings (SSSR count). The van der Waals surface area contributed by atoms with Crippen LogP contribution in [-0.2, 0) is 4.79 Å². The molecule has 0 amide bonds. The molecule has 2 nitrogen and oxygen atoms in total. The van der Waals surface area contributed by atoms with Crippen molar-refractivity contribution in [1.82, 2.24) is 0 Å². The lowest BCUT2D eigenvalue weighted by atomic mass is 9.66. The molecule has 2 heteroatoms. The summed E-state index contributed by atoms with van der Waals surface area (Å²) in [5.74, 6) is 0.0771. The number of carboxylic acids is 1. The van der Waals surface area contributed by atoms with Crippen LogP contribution in [0.3, 0.4) is 0 Å². The smallest absolute Gasteiger partial charge is 0.303 e. The van der Waals surface area contributed by atoms with Crippen molar-refractivity contribution in [2.45, 2.75) is 58.8 Å². The Morgan fingerprint density at radius 3 is 2.47 bits per heavy atom. The van der Waals surface area contributed by atoms with E-state index in [1.54, 1.807) is 0 Å². The van der Waals surface area contributed by atoms with E-state index in [9.17, 15) is 4.79 Å². The highest BCUT2D eigenvalue weighted by molar-refractivity contribution is 5.68. The quantitative estimate of drug-likeness (QED) is 0.774. The first-order valence-electron chi connectivity index (χ1n) is 6.15. The number of carbonyl (C=O) groups is 1. The lowest BCUT2D eigenvalue weighted by Crippen LogP contribution is -2.30. The summed E-state index contributed by atoms with van der Waals surface area (Å²) in [7, 11) is 0. The van der Waals surface area contributed by atoms with Gasteiger partial charge < -0.3 is 5.11 Å². The van der Waals surface area contributed by atoms with Crippen LogP contribution in [0.4, 0.5) is 0 Å². The zero-order valence-corrected chi connectivity index (χ0v) is 9.88. The minimum absolute atomic E-state index is 0.198. The first-order valence-corrected chi connectivity index (χ1v) is 6.15. The molecule has 2 aliphatic carbocycles. The summed E-state index contributed by atoms with van der Waals surface area (Å²) in [5, 5.41) is 8.95. The molecular formula is C13H22O2. The van der Waals surface area contributed by atoms with Gasteiger partial charge in [-0.2, -0.15) is 0 Å². The SMILES string of the molecule is CC1(C)CCCC(C2(CC(=O)O)CC2)C1. The molecule has 0 aliphatic heterocycles. The summed E-state index contributed by atoms with van der Waals surface area (Å²) in [6, 6.07) is 0. The van der Waals surface area contributed by atoms with Crippen LogP contribution in [0.15, 0.2) is 0 Å². The van der Waals surface area contributed by atoms with Gasteiger partial charge in [0.2, 0.25) is 0 Å². The molecule has 2 saturated carbocycles. The van der Waals surface area contributed by atoms with Gasteiger partial charge >= 0.3 is 5.97 Å². The van der Waals surface area contributed by atoms with E-state index in [1.807, 2.05) is 0 Å². The predicted octanol–water partition coefficient (Wildman–Crippen LogP) is 3.46. The molecule has 86 valence electrons. The Balaban J connectivity index is 2.01. The van der Waals surface area contributed by atoms with Crippen molar-refractivity contribution in [3.8, 4) is 0 Å². The van der Waals surface area contributed by atoms with Crippen LogP contribution in [0.2, 0.25) is 0 Å². The maximum Gasteiger partial charge on any atom is 0.303 e. The molecule has 2 aliphatic rings. The van der Waals surface area contributed by atoms with E-state index in [0.29, 0.717) is 17.8 Å². The van der Waals surface area contributed by atoms with E-state index in [2.05, 4.69) is 13.8 Å². The van der Waals surface area contributed by atoms with Crippen molar-refractivity contribution in [2.24, 2.45) is 16.7 Å². The first kappa shape index (κ1) is 11.0. The van der Waals surface area contributed by atoms with Gasteiger partial charge in [0.1, 0.15) is 0 Å². The van der Waals surface area contributed by atoms with Gasteiger partial charge in [0.05, 0.1) is 6.42 Å². The molecule has 0 saturated heterocycles. The van der Waals surface area contributed by atoms with Crippen molar-refractivity contribution in [1.29, 1.82) is 0 Å². The highest BCUT2D eigenvalue weighted by Gasteiger charge is 2.52. The van der Waals surface area contributed by atoms with E-state index in [-0.39, 0.29) is 5.41 Å². The van der Waals surface area contributed by atoms with Crippen LogP contribution in [0.25, 0.3) is 0 Å². The van der Waals surface area contributed by atoms with Crippen molar-refractivity contribution in [2.75, 3.05) is 0 Å². The summed E-state index contributed by atoms with van der Waals surface area (Å²) in [6.45, 7) is 4.66. The van der Waals surface area contributed by atoms with Crippen LogP contribution < -0.4 is 0 Å². The van der Waals surface area contributed by atoms with E-state index < -0.39 is 5.97 Å². The molecule has 0 radical (unpaired) electrons. The Morgan fingerprint density at radius 2 is 2.00 bits per heavy atom. The number of hydrogen-bond donors (Lipinski definition) is 1. The van der Waals surface area contributed by atoms with Gasteiger partial charge in [0, 0.05) is 0 Å². The summed E-state index contributed by atoms with van der Waals surface area (Å²) in [4.78, 5) is 10.9. The van der Waals surface area contributed by atoms with E-state index in [4.69, 9.17) is 5.11 Å². The summed E-state index contributed by atoms with van der Waals surface area (Å²) in [6.07, 6.45) is 7.82. The van der Waals surface area contributed by atoms with Gasteiger partial charge in [0.15, 0.2) is 0 Å². The van der Waals surface area contributed by atoms with Gasteiger partial charge in [0.25, 0.3) is 0 Å². The maximum absolute atomic E-state index is 10.9. The Morgan fingerprint density at radius 1 is 1.33 bits per heavy atom. The van der Waals surface area contributed by atoms with Gasteiger partial charge in [-0.15, -0.1) is 0 Å². The standard InChI is InChI=1S/C13H22O2/c1-12(2)5-3-4-10(8-12)13(6-7-13)9-11(14)15/h10H,3-9H2,1-2H3,(H,14,15). The zero-order valence-electron chi connectivity index (χ0n) is 9.88. The molecule has 1 N–H and O–H groups in total. The summed E-state index contributed by atoms with van der Waals surface area (Å²) < 4.78 is 0. The first-order chi connectivity index (χ1) is 6.94. The molecule has 1 atom stereocenters. The molecule has 0 aromatic rings. The van der Waals surface area contributed by atoms with Gasteiger partial charge in [-0.25, -0.2) is 0 Å². The fourth-order valence-electron chi connectivity index (χ4n) is 3.41. The highest BCUT2D eigenvalue weighted by atomic mass is 16.4. The molecule has 0 aromatic heterocycles. The Bertz CT molecular complexity index is 264. The van der Waals surface area contributed by atoms with Crippen molar-refractivity contribution in [3.63, 3.8) is 0 Å². The molecule has 0 heterocycles. The molecule has 15 heavy (non-hydrogen) atoms. The average molecular weight is 210 g/mol. The average Bonchev–Trinajstić information content (AvgIpc) is 2.82. The van der Waals surface area contributed by atoms with Crippen molar-refractivity contribution < 1.29 is 9.90 Å². The minimum Gasteiger partial charge on any atom is -0.481 e. The van der Waals surface area contributed by atoms with Crippen molar-refractivity contribution >= 4 is 5.97 Å².